The Morgan fingerprint density at radius 3 is 2.36 bits per heavy atom. The number of hydrogen-bond acceptors (Lipinski definition) is 8. The number of aliphatic hydroxyl groups excluding tert-OH is 1. The fourth-order valence-corrected chi connectivity index (χ4v) is 7.03. The Labute approximate surface area is 233 Å². The van der Waals surface area contributed by atoms with E-state index in [2.05, 4.69) is 15.9 Å². The van der Waals surface area contributed by atoms with Gasteiger partial charge in [0.2, 0.25) is 5.91 Å². The van der Waals surface area contributed by atoms with E-state index in [1.165, 1.54) is 6.07 Å². The number of ketones is 3. The van der Waals surface area contributed by atoms with E-state index in [0.29, 0.717) is 11.1 Å². The molecular formula is C29H29BrN2O7. The Balaban J connectivity index is 1.59. The number of halogens is 1. The minimum absolute atomic E-state index is 0.0106. The molecule has 0 heterocycles. The van der Waals surface area contributed by atoms with Crippen molar-refractivity contribution in [2.24, 2.45) is 29.4 Å². The molecule has 2 fully saturated rings. The van der Waals surface area contributed by atoms with Crippen molar-refractivity contribution in [2.75, 3.05) is 14.1 Å². The van der Waals surface area contributed by atoms with Gasteiger partial charge < -0.3 is 26.0 Å². The van der Waals surface area contributed by atoms with Crippen LogP contribution in [-0.4, -0.2) is 75.3 Å². The SMILES string of the molecule is CN(C)[C@H]1C(O)C(C(N)=O)C(=O)[C@]2(O)C(=O)C3C(=O)c4c(O)ccc(/C=C/c5ccc(Br)cc5)c4C[C@@H]3C[C@H]12. The van der Waals surface area contributed by atoms with Gasteiger partial charge >= 0.3 is 0 Å². The van der Waals surface area contributed by atoms with E-state index in [9.17, 15) is 34.5 Å². The number of nitrogens with zero attached hydrogens (tertiary/aromatic N) is 1. The van der Waals surface area contributed by atoms with Crippen LogP contribution in [0.25, 0.3) is 12.2 Å². The number of carbonyl (C=O) groups excluding carboxylic acids is 4. The number of primary amides is 1. The number of likely N-dealkylation sites (N-methyl/N-ethyl adjacent to an activating group) is 1. The van der Waals surface area contributed by atoms with Crippen molar-refractivity contribution in [1.82, 2.24) is 4.90 Å². The molecular weight excluding hydrogens is 568 g/mol. The second kappa shape index (κ2) is 9.78. The number of carbonyl (C=O) groups is 4. The number of aromatic hydroxyl groups is 1. The Morgan fingerprint density at radius 1 is 1.08 bits per heavy atom. The van der Waals surface area contributed by atoms with Crippen molar-refractivity contribution < 1.29 is 34.5 Å². The van der Waals surface area contributed by atoms with Gasteiger partial charge in [0.15, 0.2) is 23.0 Å². The summed E-state index contributed by atoms with van der Waals surface area (Å²) in [5, 5.41) is 33.3. The number of phenolic OH excluding ortho intramolecular Hbond substituents is 1. The van der Waals surface area contributed by atoms with Crippen LogP contribution in [0.3, 0.4) is 0 Å². The summed E-state index contributed by atoms with van der Waals surface area (Å²) >= 11 is 3.40. The van der Waals surface area contributed by atoms with Gasteiger partial charge in [-0.3, -0.25) is 19.2 Å². The minimum Gasteiger partial charge on any atom is -0.507 e. The van der Waals surface area contributed by atoms with Crippen LogP contribution in [0, 0.1) is 23.7 Å². The molecule has 9 nitrogen and oxygen atoms in total. The molecule has 0 saturated heterocycles. The lowest BCUT2D eigenvalue weighted by Gasteiger charge is -2.54. The van der Waals surface area contributed by atoms with Gasteiger partial charge in [-0.1, -0.05) is 46.3 Å². The third-order valence-corrected chi connectivity index (χ3v) is 9.06. The van der Waals surface area contributed by atoms with Crippen LogP contribution in [-0.2, 0) is 20.8 Å². The topological polar surface area (TPSA) is 158 Å². The molecule has 2 aromatic rings. The number of amides is 1. The van der Waals surface area contributed by atoms with Gasteiger partial charge in [0.05, 0.1) is 17.6 Å². The Morgan fingerprint density at radius 2 is 1.74 bits per heavy atom. The number of rotatable bonds is 4. The number of benzene rings is 2. The lowest BCUT2D eigenvalue weighted by molar-refractivity contribution is -0.190. The lowest BCUT2D eigenvalue weighted by Crippen LogP contribution is -2.75. The molecule has 0 radical (unpaired) electrons. The number of nitrogens with two attached hydrogens (primary N) is 1. The van der Waals surface area contributed by atoms with E-state index >= 15 is 0 Å². The van der Waals surface area contributed by atoms with Crippen molar-refractivity contribution in [3.05, 3.63) is 63.1 Å². The van der Waals surface area contributed by atoms with Crippen molar-refractivity contribution >= 4 is 51.3 Å². The average Bonchev–Trinajstić information content (AvgIpc) is 2.86. The van der Waals surface area contributed by atoms with E-state index in [1.54, 1.807) is 25.1 Å². The number of aliphatic hydroxyl groups is 2. The molecule has 7 atom stereocenters. The van der Waals surface area contributed by atoms with E-state index in [4.69, 9.17) is 5.73 Å². The summed E-state index contributed by atoms with van der Waals surface area (Å²) in [6.45, 7) is 0. The lowest BCUT2D eigenvalue weighted by atomic mass is 9.52. The number of hydrogen-bond donors (Lipinski definition) is 4. The van der Waals surface area contributed by atoms with Crippen LogP contribution in [0.2, 0.25) is 0 Å². The number of phenols is 1. The summed E-state index contributed by atoms with van der Waals surface area (Å²) in [6, 6.07) is 9.79. The molecule has 0 spiro atoms. The van der Waals surface area contributed by atoms with E-state index in [1.807, 2.05) is 36.4 Å². The van der Waals surface area contributed by atoms with Crippen LogP contribution < -0.4 is 5.73 Å². The number of fused-ring (bicyclic) bond motifs is 3. The first-order chi connectivity index (χ1) is 18.4. The molecule has 5 N–H and O–H groups in total. The summed E-state index contributed by atoms with van der Waals surface area (Å²) in [5.41, 5.74) is 4.92. The molecule has 2 aromatic carbocycles. The van der Waals surface area contributed by atoms with E-state index in [0.717, 1.165) is 10.0 Å². The van der Waals surface area contributed by atoms with Crippen molar-refractivity contribution in [3.63, 3.8) is 0 Å². The molecule has 0 bridgehead atoms. The molecule has 204 valence electrons. The van der Waals surface area contributed by atoms with Gasteiger partial charge in [0.1, 0.15) is 11.7 Å². The standard InChI is InChI=1S/C29H29BrN2O7/c1-32(2)23-18-12-15-11-17-14(6-3-13-4-8-16(30)9-5-13)7-10-19(33)21(17)24(34)20(15)26(36)29(18,39)27(37)22(25(23)35)28(31)38/h3-10,15,18,20,22-23,25,33,35,39H,11-12H2,1-2H3,(H2,31,38)/b6-3+/t15-,18-,20?,22?,23-,25?,29-/m1/s1. The zero-order valence-electron chi connectivity index (χ0n) is 21.4. The number of Topliss-reactive ketones (excluding diaryl/α,β-unsaturated/α-hetero) is 3. The summed E-state index contributed by atoms with van der Waals surface area (Å²) < 4.78 is 0.935. The van der Waals surface area contributed by atoms with Crippen molar-refractivity contribution in [3.8, 4) is 5.75 Å². The fraction of sp³-hybridized carbons (Fsp3) is 0.379. The second-order valence-corrected chi connectivity index (χ2v) is 11.8. The van der Waals surface area contributed by atoms with Gasteiger partial charge in [0, 0.05) is 16.4 Å². The molecule has 10 heteroatoms. The largest absolute Gasteiger partial charge is 0.507 e. The molecule has 2 saturated carbocycles. The van der Waals surface area contributed by atoms with Crippen molar-refractivity contribution in [1.29, 1.82) is 0 Å². The molecule has 3 aliphatic rings. The first-order valence-corrected chi connectivity index (χ1v) is 13.4. The Kier molecular flexibility index (Phi) is 6.87. The summed E-state index contributed by atoms with van der Waals surface area (Å²) in [4.78, 5) is 54.7. The highest BCUT2D eigenvalue weighted by Gasteiger charge is 2.69. The zero-order chi connectivity index (χ0) is 28.4. The predicted molar refractivity (Wildman–Crippen MR) is 145 cm³/mol. The monoisotopic (exact) mass is 596 g/mol. The minimum atomic E-state index is -2.67. The molecule has 0 aliphatic heterocycles. The molecule has 3 aliphatic carbocycles. The maximum absolute atomic E-state index is 13.9. The maximum Gasteiger partial charge on any atom is 0.230 e. The Bertz CT molecular complexity index is 1420. The predicted octanol–water partition coefficient (Wildman–Crippen LogP) is 1.59. The summed E-state index contributed by atoms with van der Waals surface area (Å²) in [7, 11) is 3.23. The first-order valence-electron chi connectivity index (χ1n) is 12.6. The van der Waals surface area contributed by atoms with Gasteiger partial charge in [-0.15, -0.1) is 0 Å². The second-order valence-electron chi connectivity index (χ2n) is 10.9. The van der Waals surface area contributed by atoms with Gasteiger partial charge in [-0.2, -0.15) is 0 Å². The molecule has 3 unspecified atom stereocenters. The van der Waals surface area contributed by atoms with Gasteiger partial charge in [-0.25, -0.2) is 0 Å². The van der Waals surface area contributed by atoms with Crippen LogP contribution in [0.15, 0.2) is 40.9 Å². The highest BCUT2D eigenvalue weighted by molar-refractivity contribution is 9.10. The van der Waals surface area contributed by atoms with Crippen molar-refractivity contribution in [2.45, 2.75) is 30.6 Å². The zero-order valence-corrected chi connectivity index (χ0v) is 23.0. The highest BCUT2D eigenvalue weighted by atomic mass is 79.9. The van der Waals surface area contributed by atoms with Crippen LogP contribution in [0.1, 0.15) is 33.5 Å². The quantitative estimate of drug-likeness (QED) is 0.306. The smallest absolute Gasteiger partial charge is 0.230 e. The normalized spacial score (nSPS) is 32.2. The molecule has 5 rings (SSSR count). The average molecular weight is 597 g/mol. The maximum atomic E-state index is 13.9. The molecule has 0 aromatic heterocycles. The highest BCUT2D eigenvalue weighted by Crippen LogP contribution is 2.51. The molecule has 39 heavy (non-hydrogen) atoms. The molecule has 1 amide bonds. The Hall–Kier alpha value is -3.18. The fourth-order valence-electron chi connectivity index (χ4n) is 6.76. The van der Waals surface area contributed by atoms with Gasteiger partial charge in [-0.05, 0) is 67.7 Å². The van der Waals surface area contributed by atoms with Crippen LogP contribution >= 0.6 is 15.9 Å². The van der Waals surface area contributed by atoms with E-state index < -0.39 is 64.7 Å². The first kappa shape index (κ1) is 27.4. The summed E-state index contributed by atoms with van der Waals surface area (Å²) in [6.07, 6.45) is 2.50. The van der Waals surface area contributed by atoms with E-state index in [-0.39, 0.29) is 24.2 Å². The third kappa shape index (κ3) is 4.17. The third-order valence-electron chi connectivity index (χ3n) is 8.54. The van der Waals surface area contributed by atoms with Crippen LogP contribution in [0.5, 0.6) is 5.75 Å². The van der Waals surface area contributed by atoms with Gasteiger partial charge in [0.25, 0.3) is 0 Å². The summed E-state index contributed by atoms with van der Waals surface area (Å²) in [5.74, 6) is -9.13. The van der Waals surface area contributed by atoms with Crippen LogP contribution in [0.4, 0.5) is 0 Å².